The molecule has 26 heavy (non-hydrogen) atoms. The number of carbonyl (C=O) groups is 1. The summed E-state index contributed by atoms with van der Waals surface area (Å²) in [5.41, 5.74) is 2.13. The summed E-state index contributed by atoms with van der Waals surface area (Å²) in [7, 11) is 0. The number of amides is 1. The Morgan fingerprint density at radius 3 is 2.35 bits per heavy atom. The highest BCUT2D eigenvalue weighted by Gasteiger charge is 2.21. The molecule has 2 aromatic carbocycles. The summed E-state index contributed by atoms with van der Waals surface area (Å²) in [6.45, 7) is 6.74. The van der Waals surface area contributed by atoms with E-state index in [0.29, 0.717) is 23.4 Å². The molecule has 0 fully saturated rings. The van der Waals surface area contributed by atoms with Gasteiger partial charge in [0.1, 0.15) is 0 Å². The van der Waals surface area contributed by atoms with Gasteiger partial charge < -0.3 is 9.73 Å². The Morgan fingerprint density at radius 1 is 1.04 bits per heavy atom. The van der Waals surface area contributed by atoms with Crippen molar-refractivity contribution >= 4 is 16.7 Å². The Hall–Kier alpha value is -2.88. The fraction of sp³-hybridized carbons (Fsp3) is 0.273. The van der Waals surface area contributed by atoms with Crippen LogP contribution in [0.3, 0.4) is 0 Å². The molecule has 0 spiro atoms. The van der Waals surface area contributed by atoms with E-state index in [0.717, 1.165) is 22.9 Å². The third-order valence-corrected chi connectivity index (χ3v) is 4.39. The van der Waals surface area contributed by atoms with Crippen LogP contribution in [0.2, 0.25) is 0 Å². The Balaban J connectivity index is 2.15. The Kier molecular flexibility index (Phi) is 5.21. The largest absolute Gasteiger partial charge is 0.416 e. The van der Waals surface area contributed by atoms with E-state index in [1.165, 1.54) is 0 Å². The molecule has 134 valence electrons. The number of benzene rings is 2. The first-order valence-corrected chi connectivity index (χ1v) is 8.88. The molecule has 0 bridgehead atoms. The van der Waals surface area contributed by atoms with Crippen molar-refractivity contribution in [3.05, 3.63) is 70.3 Å². The molecule has 0 aliphatic rings. The molecule has 1 aromatic heterocycles. The van der Waals surface area contributed by atoms with Crippen molar-refractivity contribution in [2.75, 3.05) is 6.54 Å². The lowest BCUT2D eigenvalue weighted by Gasteiger charge is -2.13. The summed E-state index contributed by atoms with van der Waals surface area (Å²) >= 11 is 0. The molecule has 0 aliphatic heterocycles. The zero-order chi connectivity index (χ0) is 18.7. The quantitative estimate of drug-likeness (QED) is 0.735. The Bertz CT molecular complexity index is 984. The summed E-state index contributed by atoms with van der Waals surface area (Å²) in [5.74, 6) is 0.195. The van der Waals surface area contributed by atoms with Crippen molar-refractivity contribution in [2.45, 2.75) is 27.2 Å². The topological polar surface area (TPSA) is 59.3 Å². The van der Waals surface area contributed by atoms with Crippen molar-refractivity contribution in [3.8, 4) is 11.1 Å². The van der Waals surface area contributed by atoms with Gasteiger partial charge in [-0.15, -0.1) is 0 Å². The van der Waals surface area contributed by atoms with Crippen LogP contribution in [0.25, 0.3) is 21.9 Å². The molecule has 0 saturated heterocycles. The molecule has 4 nitrogen and oxygen atoms in total. The first-order valence-electron chi connectivity index (χ1n) is 8.88. The molecular weight excluding hydrogens is 326 g/mol. The van der Waals surface area contributed by atoms with Gasteiger partial charge in [0.25, 0.3) is 5.91 Å². The van der Waals surface area contributed by atoms with Gasteiger partial charge in [-0.2, -0.15) is 0 Å². The summed E-state index contributed by atoms with van der Waals surface area (Å²) < 4.78 is 5.46. The van der Waals surface area contributed by atoms with Crippen LogP contribution >= 0.6 is 0 Å². The van der Waals surface area contributed by atoms with Gasteiger partial charge in [0.2, 0.25) is 5.76 Å². The summed E-state index contributed by atoms with van der Waals surface area (Å²) in [6, 6.07) is 15.1. The average Bonchev–Trinajstić information content (AvgIpc) is 2.62. The maximum atomic E-state index is 12.7. The molecule has 0 saturated carbocycles. The maximum Gasteiger partial charge on any atom is 0.344 e. The number of nitrogens with one attached hydrogen (secondary N) is 1. The number of fused-ring (bicyclic) bond motifs is 1. The second kappa shape index (κ2) is 7.56. The molecule has 3 rings (SSSR count). The first-order chi connectivity index (χ1) is 12.5. The number of rotatable bonds is 5. The molecular formula is C22H23NO3. The van der Waals surface area contributed by atoms with E-state index in [-0.39, 0.29) is 11.7 Å². The minimum absolute atomic E-state index is 0.0707. The van der Waals surface area contributed by atoms with Gasteiger partial charge in [-0.1, -0.05) is 61.9 Å². The second-order valence-corrected chi connectivity index (χ2v) is 6.94. The third kappa shape index (κ3) is 3.69. The fourth-order valence-electron chi connectivity index (χ4n) is 2.92. The number of hydrogen-bond acceptors (Lipinski definition) is 3. The van der Waals surface area contributed by atoms with Gasteiger partial charge in [0.05, 0.1) is 5.39 Å². The number of carbonyl (C=O) groups excluding carboxylic acids is 1. The third-order valence-electron chi connectivity index (χ3n) is 4.39. The van der Waals surface area contributed by atoms with Gasteiger partial charge in [-0.05, 0) is 30.9 Å². The van der Waals surface area contributed by atoms with Crippen LogP contribution in [-0.2, 0) is 0 Å². The minimum atomic E-state index is -0.495. The Labute approximate surface area is 152 Å². The second-order valence-electron chi connectivity index (χ2n) is 6.94. The molecule has 3 aromatic rings. The van der Waals surface area contributed by atoms with E-state index in [1.807, 2.05) is 43.3 Å². The van der Waals surface area contributed by atoms with Crippen molar-refractivity contribution in [1.29, 1.82) is 0 Å². The zero-order valence-electron chi connectivity index (χ0n) is 15.3. The van der Waals surface area contributed by atoms with E-state index >= 15 is 0 Å². The van der Waals surface area contributed by atoms with Crippen molar-refractivity contribution in [3.63, 3.8) is 0 Å². The summed E-state index contributed by atoms with van der Waals surface area (Å²) in [5, 5.41) is 4.07. The molecule has 0 radical (unpaired) electrons. The van der Waals surface area contributed by atoms with E-state index in [1.54, 1.807) is 12.1 Å². The molecule has 0 atom stereocenters. The molecule has 0 aliphatic carbocycles. The highest BCUT2D eigenvalue weighted by Crippen LogP contribution is 2.30. The van der Waals surface area contributed by atoms with Crippen LogP contribution < -0.4 is 10.9 Å². The fourth-order valence-corrected chi connectivity index (χ4v) is 2.92. The van der Waals surface area contributed by atoms with Crippen LogP contribution in [0, 0.1) is 12.8 Å². The van der Waals surface area contributed by atoms with Crippen LogP contribution in [0.1, 0.15) is 36.4 Å². The lowest BCUT2D eigenvalue weighted by molar-refractivity contribution is 0.0921. The molecule has 1 heterocycles. The SMILES string of the molecule is Cc1ccc(-c2c(C(=O)NCCC(C)C)oc(=O)c3ccccc23)cc1. The first kappa shape index (κ1) is 17.9. The minimum Gasteiger partial charge on any atom is -0.416 e. The maximum absolute atomic E-state index is 12.7. The summed E-state index contributed by atoms with van der Waals surface area (Å²) in [6.07, 6.45) is 0.865. The smallest absolute Gasteiger partial charge is 0.344 e. The van der Waals surface area contributed by atoms with Gasteiger partial charge in [0, 0.05) is 17.5 Å². The number of hydrogen-bond donors (Lipinski definition) is 1. The Morgan fingerprint density at radius 2 is 1.69 bits per heavy atom. The predicted molar refractivity (Wildman–Crippen MR) is 104 cm³/mol. The lowest BCUT2D eigenvalue weighted by atomic mass is 9.97. The average molecular weight is 349 g/mol. The standard InChI is InChI=1S/C22H23NO3/c1-14(2)12-13-23-21(24)20-19(16-10-8-15(3)9-11-16)17-6-4-5-7-18(17)22(25)26-20/h4-11,14H,12-13H2,1-3H3,(H,23,24). The molecule has 0 unspecified atom stereocenters. The van der Waals surface area contributed by atoms with Crippen molar-refractivity contribution in [1.82, 2.24) is 5.32 Å². The zero-order valence-corrected chi connectivity index (χ0v) is 15.3. The van der Waals surface area contributed by atoms with E-state index in [9.17, 15) is 9.59 Å². The van der Waals surface area contributed by atoms with E-state index < -0.39 is 5.63 Å². The van der Waals surface area contributed by atoms with Crippen molar-refractivity contribution < 1.29 is 9.21 Å². The highest BCUT2D eigenvalue weighted by molar-refractivity contribution is 6.07. The molecule has 4 heteroatoms. The molecule has 1 amide bonds. The predicted octanol–water partition coefficient (Wildman–Crippen LogP) is 4.54. The van der Waals surface area contributed by atoms with E-state index in [4.69, 9.17) is 4.42 Å². The summed E-state index contributed by atoms with van der Waals surface area (Å²) in [4.78, 5) is 25.1. The van der Waals surface area contributed by atoms with Gasteiger partial charge >= 0.3 is 5.63 Å². The van der Waals surface area contributed by atoms with Crippen LogP contribution in [0.15, 0.2) is 57.7 Å². The monoisotopic (exact) mass is 349 g/mol. The van der Waals surface area contributed by atoms with Crippen LogP contribution in [0.5, 0.6) is 0 Å². The van der Waals surface area contributed by atoms with Gasteiger partial charge in [-0.25, -0.2) is 4.79 Å². The lowest BCUT2D eigenvalue weighted by Crippen LogP contribution is -2.27. The van der Waals surface area contributed by atoms with E-state index in [2.05, 4.69) is 19.2 Å². The number of aryl methyl sites for hydroxylation is 1. The highest BCUT2D eigenvalue weighted by atomic mass is 16.4. The van der Waals surface area contributed by atoms with Gasteiger partial charge in [-0.3, -0.25) is 4.79 Å². The van der Waals surface area contributed by atoms with Crippen molar-refractivity contribution in [2.24, 2.45) is 5.92 Å². The van der Waals surface area contributed by atoms with Gasteiger partial charge in [0.15, 0.2) is 0 Å². The normalized spacial score (nSPS) is 11.1. The molecule has 1 N–H and O–H groups in total. The van der Waals surface area contributed by atoms with Crippen LogP contribution in [0.4, 0.5) is 0 Å². The van der Waals surface area contributed by atoms with Crippen LogP contribution in [-0.4, -0.2) is 12.5 Å².